The number of amides is 1. The number of hydrogen-bond donors (Lipinski definition) is 0. The van der Waals surface area contributed by atoms with E-state index in [0.717, 1.165) is 48.1 Å². The highest BCUT2D eigenvalue weighted by Gasteiger charge is 2.35. The maximum Gasteiger partial charge on any atom is 0.243 e. The van der Waals surface area contributed by atoms with Crippen molar-refractivity contribution in [3.05, 3.63) is 82.0 Å². The Balaban J connectivity index is 1.63. The lowest BCUT2D eigenvalue weighted by Gasteiger charge is -2.34. The van der Waals surface area contributed by atoms with Crippen LogP contribution in [0.2, 0.25) is 0 Å². The molecular weight excluding hydrogens is 492 g/mol. The molecule has 0 aliphatic heterocycles. The molecule has 1 saturated carbocycles. The van der Waals surface area contributed by atoms with Gasteiger partial charge in [0.25, 0.3) is 0 Å². The smallest absolute Gasteiger partial charge is 0.243 e. The van der Waals surface area contributed by atoms with E-state index in [2.05, 4.69) is 0 Å². The Morgan fingerprint density at radius 1 is 0.972 bits per heavy atom. The van der Waals surface area contributed by atoms with Crippen molar-refractivity contribution in [2.24, 2.45) is 0 Å². The first-order valence-corrected chi connectivity index (χ1v) is 14.7. The maximum atomic E-state index is 13.8. The molecular formula is C28H34N2O4S2. The zero-order valence-electron chi connectivity index (χ0n) is 20.9. The summed E-state index contributed by atoms with van der Waals surface area (Å²) in [5.41, 5.74) is 2.16. The van der Waals surface area contributed by atoms with Gasteiger partial charge in [-0.25, -0.2) is 8.42 Å². The third-order valence-electron chi connectivity index (χ3n) is 6.81. The van der Waals surface area contributed by atoms with Crippen molar-refractivity contribution in [1.82, 2.24) is 9.21 Å². The van der Waals surface area contributed by atoms with Crippen LogP contribution in [0.15, 0.2) is 70.9 Å². The van der Waals surface area contributed by atoms with Crippen LogP contribution in [0.25, 0.3) is 0 Å². The van der Waals surface area contributed by atoms with Crippen molar-refractivity contribution >= 4 is 27.3 Å². The number of sulfonamides is 1. The van der Waals surface area contributed by atoms with Gasteiger partial charge in [-0.1, -0.05) is 49.6 Å². The SMILES string of the molecule is COc1ccc(S(=O)(=O)N(CC(=O)N(Cc2ccccc2)Cc2sccc2C)C2CCCCC2)cc1. The Morgan fingerprint density at radius 3 is 2.28 bits per heavy atom. The van der Waals surface area contributed by atoms with Gasteiger partial charge in [-0.05, 0) is 66.6 Å². The summed E-state index contributed by atoms with van der Waals surface area (Å²) in [5, 5.41) is 2.03. The molecule has 8 heteroatoms. The molecule has 1 aliphatic rings. The minimum atomic E-state index is -3.86. The van der Waals surface area contributed by atoms with Gasteiger partial charge in [0.1, 0.15) is 5.75 Å². The van der Waals surface area contributed by atoms with Gasteiger partial charge in [-0.2, -0.15) is 4.31 Å². The number of carbonyl (C=O) groups is 1. The molecule has 0 bridgehead atoms. The van der Waals surface area contributed by atoms with E-state index in [4.69, 9.17) is 4.74 Å². The molecule has 0 atom stereocenters. The average Bonchev–Trinajstić information content (AvgIpc) is 3.31. The summed E-state index contributed by atoms with van der Waals surface area (Å²) < 4.78 is 34.3. The number of ether oxygens (including phenoxy) is 1. The van der Waals surface area contributed by atoms with E-state index in [0.29, 0.717) is 18.8 Å². The first kappa shape index (κ1) is 26.4. The van der Waals surface area contributed by atoms with E-state index in [-0.39, 0.29) is 23.4 Å². The number of aryl methyl sites for hydroxylation is 1. The number of rotatable bonds is 10. The molecule has 0 saturated heterocycles. The number of hydrogen-bond acceptors (Lipinski definition) is 5. The highest BCUT2D eigenvalue weighted by molar-refractivity contribution is 7.89. The van der Waals surface area contributed by atoms with Gasteiger partial charge in [-0.3, -0.25) is 4.79 Å². The van der Waals surface area contributed by atoms with Crippen molar-refractivity contribution in [1.29, 1.82) is 0 Å². The first-order valence-electron chi connectivity index (χ1n) is 12.4. The second-order valence-corrected chi connectivity index (χ2v) is 12.2. The molecule has 4 rings (SSSR count). The molecule has 1 heterocycles. The van der Waals surface area contributed by atoms with Crippen molar-refractivity contribution in [3.63, 3.8) is 0 Å². The van der Waals surface area contributed by atoms with E-state index in [9.17, 15) is 13.2 Å². The van der Waals surface area contributed by atoms with Crippen molar-refractivity contribution < 1.29 is 17.9 Å². The molecule has 1 aliphatic carbocycles. The zero-order valence-corrected chi connectivity index (χ0v) is 22.6. The molecule has 2 aromatic carbocycles. The summed E-state index contributed by atoms with van der Waals surface area (Å²) in [5.74, 6) is 0.406. The fraction of sp³-hybridized carbons (Fsp3) is 0.393. The van der Waals surface area contributed by atoms with Gasteiger partial charge < -0.3 is 9.64 Å². The number of benzene rings is 2. The molecule has 1 fully saturated rings. The number of methoxy groups -OCH3 is 1. The summed E-state index contributed by atoms with van der Waals surface area (Å²) in [6.45, 7) is 2.76. The lowest BCUT2D eigenvalue weighted by molar-refractivity contribution is -0.133. The van der Waals surface area contributed by atoms with Crippen LogP contribution < -0.4 is 4.74 Å². The Bertz CT molecular complexity index is 1230. The van der Waals surface area contributed by atoms with Crippen LogP contribution in [-0.2, 0) is 27.9 Å². The summed E-state index contributed by atoms with van der Waals surface area (Å²) in [6, 6.07) is 18.1. The largest absolute Gasteiger partial charge is 0.497 e. The zero-order chi connectivity index (χ0) is 25.5. The Morgan fingerprint density at radius 2 is 1.67 bits per heavy atom. The third-order valence-corrected chi connectivity index (χ3v) is 9.73. The van der Waals surface area contributed by atoms with Crippen molar-refractivity contribution in [2.75, 3.05) is 13.7 Å². The fourth-order valence-corrected chi connectivity index (χ4v) is 7.23. The normalized spacial score (nSPS) is 14.6. The molecule has 0 spiro atoms. The lowest BCUT2D eigenvalue weighted by Crippen LogP contribution is -2.47. The monoisotopic (exact) mass is 526 g/mol. The average molecular weight is 527 g/mol. The van der Waals surface area contributed by atoms with Gasteiger partial charge in [0, 0.05) is 17.5 Å². The molecule has 36 heavy (non-hydrogen) atoms. The Hall–Kier alpha value is -2.68. The maximum absolute atomic E-state index is 13.8. The van der Waals surface area contributed by atoms with E-state index < -0.39 is 10.0 Å². The molecule has 1 aromatic heterocycles. The van der Waals surface area contributed by atoms with Crippen LogP contribution in [0.4, 0.5) is 0 Å². The fourth-order valence-electron chi connectivity index (χ4n) is 4.67. The molecule has 0 N–H and O–H groups in total. The summed E-state index contributed by atoms with van der Waals surface area (Å²) in [4.78, 5) is 16.9. The first-order chi connectivity index (χ1) is 17.4. The van der Waals surface area contributed by atoms with Crippen LogP contribution in [0, 0.1) is 6.92 Å². The molecule has 0 radical (unpaired) electrons. The molecule has 6 nitrogen and oxygen atoms in total. The molecule has 192 valence electrons. The van der Waals surface area contributed by atoms with Crippen LogP contribution in [-0.4, -0.2) is 43.2 Å². The Kier molecular flexibility index (Phi) is 8.82. The minimum Gasteiger partial charge on any atom is -0.497 e. The quantitative estimate of drug-likeness (QED) is 0.344. The topological polar surface area (TPSA) is 66.9 Å². The van der Waals surface area contributed by atoms with Crippen LogP contribution in [0.3, 0.4) is 0 Å². The van der Waals surface area contributed by atoms with E-state index in [1.54, 1.807) is 47.6 Å². The van der Waals surface area contributed by atoms with Gasteiger partial charge in [-0.15, -0.1) is 11.3 Å². The van der Waals surface area contributed by atoms with Gasteiger partial charge >= 0.3 is 0 Å². The van der Waals surface area contributed by atoms with Gasteiger partial charge in [0.2, 0.25) is 15.9 Å². The highest BCUT2D eigenvalue weighted by atomic mass is 32.2. The van der Waals surface area contributed by atoms with Crippen molar-refractivity contribution in [3.8, 4) is 5.75 Å². The van der Waals surface area contributed by atoms with Crippen LogP contribution in [0.1, 0.15) is 48.1 Å². The number of nitrogens with zero attached hydrogens (tertiary/aromatic N) is 2. The highest BCUT2D eigenvalue weighted by Crippen LogP contribution is 2.29. The predicted octanol–water partition coefficient (Wildman–Crippen LogP) is 5.62. The van der Waals surface area contributed by atoms with E-state index in [1.807, 2.05) is 48.7 Å². The Labute approximate surface area is 218 Å². The summed E-state index contributed by atoms with van der Waals surface area (Å²) >= 11 is 1.62. The second kappa shape index (κ2) is 12.0. The second-order valence-electron chi connectivity index (χ2n) is 9.28. The van der Waals surface area contributed by atoms with E-state index >= 15 is 0 Å². The molecule has 1 amide bonds. The van der Waals surface area contributed by atoms with Gasteiger partial charge in [0.15, 0.2) is 0 Å². The molecule has 3 aromatic rings. The third kappa shape index (κ3) is 6.35. The number of thiophene rings is 1. The number of carbonyl (C=O) groups excluding carboxylic acids is 1. The minimum absolute atomic E-state index is 0.170. The lowest BCUT2D eigenvalue weighted by atomic mass is 9.95. The molecule has 0 unspecified atom stereocenters. The van der Waals surface area contributed by atoms with Crippen molar-refractivity contribution in [2.45, 2.75) is 63.1 Å². The van der Waals surface area contributed by atoms with Gasteiger partial charge in [0.05, 0.1) is 25.1 Å². The summed E-state index contributed by atoms with van der Waals surface area (Å²) in [7, 11) is -2.32. The van der Waals surface area contributed by atoms with Crippen LogP contribution >= 0.6 is 11.3 Å². The summed E-state index contributed by atoms with van der Waals surface area (Å²) in [6.07, 6.45) is 4.57. The van der Waals surface area contributed by atoms with E-state index in [1.165, 1.54) is 4.31 Å². The predicted molar refractivity (Wildman–Crippen MR) is 144 cm³/mol. The standard InChI is InChI=1S/C28H34N2O4S2/c1-22-17-18-35-27(22)20-29(19-23-9-5-3-6-10-23)28(31)21-30(24-11-7-4-8-12-24)36(32,33)26-15-13-25(34-2)14-16-26/h3,5-6,9-10,13-18,24H,4,7-8,11-12,19-21H2,1-2H3. The van der Waals surface area contributed by atoms with Crippen LogP contribution in [0.5, 0.6) is 5.75 Å².